The van der Waals surface area contributed by atoms with E-state index in [2.05, 4.69) is 13.8 Å². The molecule has 2 saturated heterocycles. The van der Waals surface area contributed by atoms with Crippen LogP contribution in [0.15, 0.2) is 24.3 Å². The Hall–Kier alpha value is -1.59. The molecule has 5 rings (SSSR count). The van der Waals surface area contributed by atoms with E-state index in [1.165, 1.54) is 0 Å². The number of ether oxygens (including phenoxy) is 2. The molecule has 1 aromatic rings. The molecule has 128 valence electrons. The molecule has 24 heavy (non-hydrogen) atoms. The Bertz CT molecular complexity index is 719. The van der Waals surface area contributed by atoms with Crippen molar-refractivity contribution in [2.75, 3.05) is 12.0 Å². The first-order chi connectivity index (χ1) is 11.5. The third kappa shape index (κ3) is 1.39. The fourth-order valence-electron chi connectivity index (χ4n) is 6.11. The van der Waals surface area contributed by atoms with Crippen LogP contribution in [0, 0.1) is 29.6 Å². The van der Waals surface area contributed by atoms with Crippen LogP contribution in [0.25, 0.3) is 0 Å². The summed E-state index contributed by atoms with van der Waals surface area (Å²) in [5.41, 5.74) is 0.112. The Labute approximate surface area is 141 Å². The van der Waals surface area contributed by atoms with Gasteiger partial charge in [-0.05, 0) is 30.4 Å². The fraction of sp³-hybridized carbons (Fsp3) is 0.632. The summed E-state index contributed by atoms with van der Waals surface area (Å²) in [5.74, 6) is 1.29. The van der Waals surface area contributed by atoms with Crippen LogP contribution in [0.2, 0.25) is 0 Å². The molecule has 0 aromatic heterocycles. The van der Waals surface area contributed by atoms with Crippen molar-refractivity contribution in [3.8, 4) is 5.75 Å². The van der Waals surface area contributed by atoms with Gasteiger partial charge in [-0.25, -0.2) is 0 Å². The van der Waals surface area contributed by atoms with Crippen molar-refractivity contribution in [3.05, 3.63) is 24.3 Å². The number of carbonyl (C=O) groups is 1. The van der Waals surface area contributed by atoms with Crippen molar-refractivity contribution >= 4 is 11.6 Å². The van der Waals surface area contributed by atoms with Crippen LogP contribution in [-0.2, 0) is 9.53 Å². The van der Waals surface area contributed by atoms with E-state index >= 15 is 0 Å². The van der Waals surface area contributed by atoms with E-state index in [1.807, 2.05) is 29.2 Å². The van der Waals surface area contributed by atoms with Gasteiger partial charge in [-0.15, -0.1) is 0 Å². The number of aliphatic hydroxyl groups excluding tert-OH is 1. The molecule has 5 nitrogen and oxygen atoms in total. The molecule has 2 bridgehead atoms. The van der Waals surface area contributed by atoms with Crippen LogP contribution in [0.3, 0.4) is 0 Å². The highest BCUT2D eigenvalue weighted by atomic mass is 16.6. The molecular weight excluding hydrogens is 306 g/mol. The number of methoxy groups -OCH3 is 1. The quantitative estimate of drug-likeness (QED) is 0.922. The largest absolute Gasteiger partial charge is 0.495 e. The van der Waals surface area contributed by atoms with E-state index < -0.39 is 11.8 Å². The van der Waals surface area contributed by atoms with Crippen LogP contribution >= 0.6 is 0 Å². The fourth-order valence-corrected chi connectivity index (χ4v) is 6.11. The van der Waals surface area contributed by atoms with E-state index in [0.29, 0.717) is 11.7 Å². The van der Waals surface area contributed by atoms with Gasteiger partial charge in [0.1, 0.15) is 5.75 Å². The predicted molar refractivity (Wildman–Crippen MR) is 87.5 cm³/mol. The number of fused-ring (bicyclic) bond motifs is 2. The Kier molecular flexibility index (Phi) is 2.78. The lowest BCUT2D eigenvalue weighted by Gasteiger charge is -2.42. The van der Waals surface area contributed by atoms with Crippen LogP contribution in [0.1, 0.15) is 20.3 Å². The highest BCUT2D eigenvalue weighted by Gasteiger charge is 2.79. The monoisotopic (exact) mass is 329 g/mol. The molecule has 2 saturated carbocycles. The van der Waals surface area contributed by atoms with Crippen molar-refractivity contribution in [3.63, 3.8) is 0 Å². The van der Waals surface area contributed by atoms with Gasteiger partial charge in [-0.1, -0.05) is 26.0 Å². The topological polar surface area (TPSA) is 59.0 Å². The number of amides is 1. The number of anilines is 1. The van der Waals surface area contributed by atoms with Gasteiger partial charge in [0.2, 0.25) is 5.91 Å². The highest BCUT2D eigenvalue weighted by Crippen LogP contribution is 2.69. The first-order valence-electron chi connectivity index (χ1n) is 8.85. The molecule has 0 radical (unpaired) electrons. The number of benzene rings is 1. The number of hydrogen-bond acceptors (Lipinski definition) is 4. The van der Waals surface area contributed by atoms with Gasteiger partial charge in [-0.2, -0.15) is 0 Å². The lowest BCUT2D eigenvalue weighted by molar-refractivity contribution is -0.136. The second-order valence-corrected chi connectivity index (χ2v) is 7.94. The van der Waals surface area contributed by atoms with E-state index in [9.17, 15) is 9.90 Å². The van der Waals surface area contributed by atoms with Gasteiger partial charge in [0, 0.05) is 11.8 Å². The molecule has 0 spiro atoms. The number of carbonyl (C=O) groups excluding carboxylic acids is 1. The maximum absolute atomic E-state index is 13.4. The highest BCUT2D eigenvalue weighted by molar-refractivity contribution is 6.01. The average Bonchev–Trinajstić information content (AvgIpc) is 3.23. The number of rotatable bonds is 3. The van der Waals surface area contributed by atoms with Gasteiger partial charge in [-0.3, -0.25) is 9.69 Å². The van der Waals surface area contributed by atoms with E-state index in [4.69, 9.17) is 9.47 Å². The number of para-hydroxylation sites is 2. The molecule has 5 heteroatoms. The molecule has 7 atom stereocenters. The van der Waals surface area contributed by atoms with Crippen LogP contribution in [-0.4, -0.2) is 36.1 Å². The van der Waals surface area contributed by atoms with Crippen LogP contribution < -0.4 is 9.64 Å². The minimum absolute atomic E-state index is 0.0397. The summed E-state index contributed by atoms with van der Waals surface area (Å²) in [6.45, 7) is 4.23. The van der Waals surface area contributed by atoms with Crippen molar-refractivity contribution in [2.24, 2.45) is 29.6 Å². The zero-order chi connectivity index (χ0) is 16.8. The number of hydrogen-bond donors (Lipinski definition) is 1. The average molecular weight is 329 g/mol. The van der Waals surface area contributed by atoms with Crippen molar-refractivity contribution in [2.45, 2.75) is 38.2 Å². The molecule has 0 unspecified atom stereocenters. The van der Waals surface area contributed by atoms with Gasteiger partial charge < -0.3 is 14.6 Å². The molecule has 2 heterocycles. The van der Waals surface area contributed by atoms with Crippen LogP contribution in [0.4, 0.5) is 5.69 Å². The lowest BCUT2D eigenvalue weighted by atomic mass is 9.74. The molecule has 4 aliphatic rings. The third-order valence-corrected chi connectivity index (χ3v) is 6.86. The predicted octanol–water partition coefficient (Wildman–Crippen LogP) is 2.04. The van der Waals surface area contributed by atoms with Gasteiger partial charge in [0.15, 0.2) is 5.72 Å². The second-order valence-electron chi connectivity index (χ2n) is 7.94. The van der Waals surface area contributed by atoms with E-state index in [1.54, 1.807) is 7.11 Å². The van der Waals surface area contributed by atoms with Gasteiger partial charge in [0.25, 0.3) is 0 Å². The van der Waals surface area contributed by atoms with Gasteiger partial charge in [0.05, 0.1) is 30.9 Å². The summed E-state index contributed by atoms with van der Waals surface area (Å²) in [7, 11) is 1.63. The smallest absolute Gasteiger partial charge is 0.233 e. The van der Waals surface area contributed by atoms with E-state index in [0.717, 1.165) is 12.1 Å². The van der Waals surface area contributed by atoms with Crippen molar-refractivity contribution in [1.82, 2.24) is 0 Å². The standard InChI is InChI=1S/C19H23NO4/c1-9(2)19-15-11-8-10(16(21)17(11)24-19)14(15)18(22)20(19)12-6-4-5-7-13(12)23-3/h4-7,9-11,14-17,21H,8H2,1-3H3/t10-,11-,14-,15-,16+,17+,19-/m1/s1. The minimum atomic E-state index is -0.669. The molecule has 2 aliphatic carbocycles. The maximum atomic E-state index is 13.4. The molecule has 2 aliphatic heterocycles. The minimum Gasteiger partial charge on any atom is -0.495 e. The summed E-state index contributed by atoms with van der Waals surface area (Å²) >= 11 is 0. The maximum Gasteiger partial charge on any atom is 0.233 e. The Morgan fingerprint density at radius 3 is 2.79 bits per heavy atom. The van der Waals surface area contributed by atoms with Crippen molar-refractivity contribution < 1.29 is 19.4 Å². The Morgan fingerprint density at radius 2 is 2.08 bits per heavy atom. The zero-order valence-electron chi connectivity index (χ0n) is 14.2. The second kappa shape index (κ2) is 4.52. The molecule has 4 fully saturated rings. The summed E-state index contributed by atoms with van der Waals surface area (Å²) in [5, 5.41) is 10.6. The normalized spacial score (nSPS) is 44.9. The third-order valence-electron chi connectivity index (χ3n) is 6.86. The molecular formula is C19H23NO4. The molecule has 1 N–H and O–H groups in total. The first-order valence-corrected chi connectivity index (χ1v) is 8.85. The summed E-state index contributed by atoms with van der Waals surface area (Å²) in [6.07, 6.45) is 0.283. The number of nitrogens with zero attached hydrogens (tertiary/aromatic N) is 1. The zero-order valence-corrected chi connectivity index (χ0v) is 14.2. The summed E-state index contributed by atoms with van der Waals surface area (Å²) in [6, 6.07) is 7.65. The molecule has 1 aromatic carbocycles. The van der Waals surface area contributed by atoms with Gasteiger partial charge >= 0.3 is 0 Å². The SMILES string of the molecule is COc1ccccc1N1C(=O)[C@@H]2[C@H]3C[C@H]4[C@H](O[C@]1(C(C)C)[C@H]42)[C@H]3O. The summed E-state index contributed by atoms with van der Waals surface area (Å²) in [4.78, 5) is 15.3. The van der Waals surface area contributed by atoms with Crippen molar-refractivity contribution in [1.29, 1.82) is 0 Å². The summed E-state index contributed by atoms with van der Waals surface area (Å²) < 4.78 is 12.0. The Morgan fingerprint density at radius 1 is 1.33 bits per heavy atom. The Balaban J connectivity index is 1.72. The van der Waals surface area contributed by atoms with Crippen LogP contribution in [0.5, 0.6) is 5.75 Å². The van der Waals surface area contributed by atoms with E-state index in [-0.39, 0.29) is 35.7 Å². The first kappa shape index (κ1) is 14.7. The number of aliphatic hydroxyl groups is 1. The molecule has 1 amide bonds. The lowest BCUT2D eigenvalue weighted by Crippen LogP contribution is -2.54.